The van der Waals surface area contributed by atoms with Gasteiger partial charge < -0.3 is 10.3 Å². The van der Waals surface area contributed by atoms with Gasteiger partial charge in [-0.1, -0.05) is 11.6 Å². The fourth-order valence-corrected chi connectivity index (χ4v) is 3.82. The van der Waals surface area contributed by atoms with Gasteiger partial charge in [0.2, 0.25) is 5.95 Å². The molecule has 0 unspecified atom stereocenters. The molecule has 2 aromatic heterocycles. The van der Waals surface area contributed by atoms with Gasteiger partial charge in [-0.05, 0) is 43.7 Å². The molecule has 4 rings (SSSR count). The van der Waals surface area contributed by atoms with Crippen LogP contribution in [-0.2, 0) is 6.54 Å². The lowest BCUT2D eigenvalue weighted by Gasteiger charge is -2.32. The van der Waals surface area contributed by atoms with Crippen molar-refractivity contribution in [3.8, 4) is 11.4 Å². The molecule has 0 saturated carbocycles. The van der Waals surface area contributed by atoms with Crippen LogP contribution in [0.1, 0.15) is 30.0 Å². The molecule has 7 nitrogen and oxygen atoms in total. The molecular formula is C21H23ClN6O. The highest BCUT2D eigenvalue weighted by atomic mass is 35.5. The van der Waals surface area contributed by atoms with E-state index in [9.17, 15) is 4.79 Å². The Labute approximate surface area is 174 Å². The van der Waals surface area contributed by atoms with Crippen molar-refractivity contribution in [3.05, 3.63) is 69.4 Å². The van der Waals surface area contributed by atoms with Gasteiger partial charge in [-0.2, -0.15) is 0 Å². The van der Waals surface area contributed by atoms with Gasteiger partial charge in [-0.3, -0.25) is 9.69 Å². The minimum atomic E-state index is -0.131. The number of H-pyrrole nitrogens is 1. The molecule has 0 amide bonds. The van der Waals surface area contributed by atoms with Crippen LogP contribution in [0.15, 0.2) is 47.5 Å². The minimum Gasteiger partial charge on any atom is -0.357 e. The number of halogens is 1. The molecule has 29 heavy (non-hydrogen) atoms. The van der Waals surface area contributed by atoms with E-state index in [1.165, 1.54) is 0 Å². The van der Waals surface area contributed by atoms with Crippen molar-refractivity contribution in [2.24, 2.45) is 0 Å². The number of rotatable bonds is 5. The largest absolute Gasteiger partial charge is 0.357 e. The second-order valence-electron chi connectivity index (χ2n) is 7.26. The number of nitrogens with one attached hydrogen (secondary N) is 2. The second-order valence-corrected chi connectivity index (χ2v) is 7.70. The summed E-state index contributed by atoms with van der Waals surface area (Å²) in [4.78, 5) is 30.8. The van der Waals surface area contributed by atoms with Gasteiger partial charge in [0.25, 0.3) is 5.56 Å². The smallest absolute Gasteiger partial charge is 0.251 e. The van der Waals surface area contributed by atoms with Crippen LogP contribution in [-0.4, -0.2) is 45.0 Å². The molecule has 150 valence electrons. The van der Waals surface area contributed by atoms with Crippen molar-refractivity contribution >= 4 is 17.5 Å². The summed E-state index contributed by atoms with van der Waals surface area (Å²) in [5, 5.41) is 3.58. The fraction of sp³-hybridized carbons (Fsp3) is 0.333. The Kier molecular flexibility index (Phi) is 5.87. The summed E-state index contributed by atoms with van der Waals surface area (Å²) in [6, 6.07) is 8.96. The Hall–Kier alpha value is -2.77. The lowest BCUT2D eigenvalue weighted by Crippen LogP contribution is -2.34. The summed E-state index contributed by atoms with van der Waals surface area (Å²) in [5.41, 5.74) is 2.63. The Bertz CT molecular complexity index is 1020. The summed E-state index contributed by atoms with van der Waals surface area (Å²) < 4.78 is 0. The van der Waals surface area contributed by atoms with Crippen LogP contribution >= 0.6 is 11.6 Å². The van der Waals surface area contributed by atoms with E-state index in [4.69, 9.17) is 16.6 Å². The van der Waals surface area contributed by atoms with Crippen molar-refractivity contribution in [2.45, 2.75) is 25.3 Å². The fourth-order valence-electron chi connectivity index (χ4n) is 3.69. The van der Waals surface area contributed by atoms with Crippen LogP contribution in [0.5, 0.6) is 0 Å². The van der Waals surface area contributed by atoms with E-state index < -0.39 is 0 Å². The van der Waals surface area contributed by atoms with Gasteiger partial charge in [0.05, 0.1) is 5.69 Å². The normalized spacial score (nSPS) is 17.2. The molecule has 1 aliphatic heterocycles. The maximum atomic E-state index is 12.3. The molecule has 1 atom stereocenters. The van der Waals surface area contributed by atoms with E-state index in [0.29, 0.717) is 16.8 Å². The Morgan fingerprint density at radius 1 is 1.24 bits per heavy atom. The number of anilines is 1. The number of hydrogen-bond acceptors (Lipinski definition) is 6. The summed E-state index contributed by atoms with van der Waals surface area (Å²) >= 11 is 5.97. The number of piperidine rings is 1. The van der Waals surface area contributed by atoms with E-state index in [2.05, 4.69) is 25.2 Å². The first kappa shape index (κ1) is 19.5. The number of hydrogen-bond donors (Lipinski definition) is 2. The van der Waals surface area contributed by atoms with Gasteiger partial charge in [0.1, 0.15) is 5.82 Å². The molecular weight excluding hydrogens is 388 g/mol. The zero-order valence-electron chi connectivity index (χ0n) is 16.2. The van der Waals surface area contributed by atoms with Crippen LogP contribution in [0, 0.1) is 0 Å². The van der Waals surface area contributed by atoms with Crippen molar-refractivity contribution in [1.29, 1.82) is 0 Å². The molecule has 3 aromatic rings. The number of aromatic amines is 1. The monoisotopic (exact) mass is 410 g/mol. The van der Waals surface area contributed by atoms with E-state index >= 15 is 0 Å². The number of benzene rings is 1. The average Bonchev–Trinajstić information content (AvgIpc) is 2.74. The minimum absolute atomic E-state index is 0.131. The number of nitrogens with zero attached hydrogens (tertiary/aromatic N) is 4. The van der Waals surface area contributed by atoms with E-state index in [-0.39, 0.29) is 11.5 Å². The molecule has 0 aliphatic carbocycles. The predicted molar refractivity (Wildman–Crippen MR) is 114 cm³/mol. The molecule has 0 spiro atoms. The van der Waals surface area contributed by atoms with Crippen LogP contribution in [0.4, 0.5) is 5.95 Å². The Morgan fingerprint density at radius 3 is 2.72 bits per heavy atom. The predicted octanol–water partition coefficient (Wildman–Crippen LogP) is 3.30. The SMILES string of the molecule is CNc1ncc(CN2CCC[C@@H](c3cc(=O)[nH]c(-c4ccc(Cl)cc4)n3)C2)cn1. The molecule has 1 aromatic carbocycles. The molecule has 3 heterocycles. The Morgan fingerprint density at radius 2 is 2.00 bits per heavy atom. The molecule has 2 N–H and O–H groups in total. The van der Waals surface area contributed by atoms with Gasteiger partial charge >= 0.3 is 0 Å². The highest BCUT2D eigenvalue weighted by Gasteiger charge is 2.23. The van der Waals surface area contributed by atoms with Crippen molar-refractivity contribution in [1.82, 2.24) is 24.8 Å². The van der Waals surface area contributed by atoms with Crippen LogP contribution in [0.25, 0.3) is 11.4 Å². The summed E-state index contributed by atoms with van der Waals surface area (Å²) in [6.07, 6.45) is 5.78. The summed E-state index contributed by atoms with van der Waals surface area (Å²) in [5.74, 6) is 1.42. The van der Waals surface area contributed by atoms with Crippen molar-refractivity contribution in [3.63, 3.8) is 0 Å². The first-order valence-corrected chi connectivity index (χ1v) is 10.1. The lowest BCUT2D eigenvalue weighted by molar-refractivity contribution is 0.198. The van der Waals surface area contributed by atoms with Crippen LogP contribution in [0.2, 0.25) is 5.02 Å². The standard InChI is InChI=1S/C21H23ClN6O/c1-23-21-24-10-14(11-25-21)12-28-8-2-3-16(13-28)18-9-19(29)27-20(26-18)15-4-6-17(22)7-5-15/h4-7,9-11,16H,2-3,8,12-13H2,1H3,(H,23,24,25)(H,26,27,29)/t16-/m1/s1. The van der Waals surface area contributed by atoms with Gasteiger partial charge in [-0.25, -0.2) is 15.0 Å². The Balaban J connectivity index is 1.51. The van der Waals surface area contributed by atoms with Crippen molar-refractivity contribution < 1.29 is 0 Å². The van der Waals surface area contributed by atoms with Crippen molar-refractivity contribution in [2.75, 3.05) is 25.5 Å². The molecule has 1 aliphatic rings. The highest BCUT2D eigenvalue weighted by molar-refractivity contribution is 6.30. The lowest BCUT2D eigenvalue weighted by atomic mass is 9.94. The van der Waals surface area contributed by atoms with Gasteiger partial charge in [0, 0.05) is 60.7 Å². The average molecular weight is 411 g/mol. The quantitative estimate of drug-likeness (QED) is 0.671. The molecule has 0 bridgehead atoms. The number of aromatic nitrogens is 4. The zero-order chi connectivity index (χ0) is 20.2. The van der Waals surface area contributed by atoms with Gasteiger partial charge in [-0.15, -0.1) is 0 Å². The molecule has 0 radical (unpaired) electrons. The van der Waals surface area contributed by atoms with Crippen LogP contribution in [0.3, 0.4) is 0 Å². The summed E-state index contributed by atoms with van der Waals surface area (Å²) in [7, 11) is 1.80. The first-order chi connectivity index (χ1) is 14.1. The third-order valence-corrected chi connectivity index (χ3v) is 5.39. The van der Waals surface area contributed by atoms with E-state index in [1.807, 2.05) is 24.5 Å². The summed E-state index contributed by atoms with van der Waals surface area (Å²) in [6.45, 7) is 2.65. The third kappa shape index (κ3) is 4.81. The van der Waals surface area contributed by atoms with E-state index in [1.54, 1.807) is 25.2 Å². The highest BCUT2D eigenvalue weighted by Crippen LogP contribution is 2.27. The number of likely N-dealkylation sites (tertiary alicyclic amines) is 1. The maximum absolute atomic E-state index is 12.3. The first-order valence-electron chi connectivity index (χ1n) is 9.69. The molecule has 8 heteroatoms. The molecule has 1 fully saturated rings. The molecule has 1 saturated heterocycles. The van der Waals surface area contributed by atoms with Crippen LogP contribution < -0.4 is 10.9 Å². The topological polar surface area (TPSA) is 86.8 Å². The zero-order valence-corrected chi connectivity index (χ0v) is 17.0. The maximum Gasteiger partial charge on any atom is 0.251 e. The van der Waals surface area contributed by atoms with E-state index in [0.717, 1.165) is 49.3 Å². The second kappa shape index (κ2) is 8.71. The third-order valence-electron chi connectivity index (χ3n) is 5.14. The van der Waals surface area contributed by atoms with Gasteiger partial charge in [0.15, 0.2) is 0 Å².